The topological polar surface area (TPSA) is 73.4 Å². The van der Waals surface area contributed by atoms with E-state index in [1.807, 2.05) is 39.2 Å². The predicted octanol–water partition coefficient (Wildman–Crippen LogP) is 2.96. The maximum absolute atomic E-state index is 11.7. The number of rotatable bonds is 5. The third-order valence-corrected chi connectivity index (χ3v) is 6.31. The van der Waals surface area contributed by atoms with Crippen molar-refractivity contribution in [3.05, 3.63) is 22.4 Å². The van der Waals surface area contributed by atoms with E-state index in [4.69, 9.17) is 5.73 Å². The Morgan fingerprint density at radius 2 is 2.48 bits per heavy atom. The molecule has 0 aliphatic carbocycles. The van der Waals surface area contributed by atoms with Crippen molar-refractivity contribution in [2.75, 3.05) is 13.1 Å². The molecule has 0 saturated carbocycles. The summed E-state index contributed by atoms with van der Waals surface area (Å²) in [5, 5.41) is 15.2. The lowest BCUT2D eigenvalue weighted by Crippen LogP contribution is -2.42. The molecule has 7 heteroatoms. The summed E-state index contributed by atoms with van der Waals surface area (Å²) in [5.74, 6) is 0.345. The summed E-state index contributed by atoms with van der Waals surface area (Å²) in [6.07, 6.45) is 0.973. The number of nitrogens with zero attached hydrogens (tertiary/aromatic N) is 3. The van der Waals surface area contributed by atoms with Crippen LogP contribution in [0.3, 0.4) is 0 Å². The van der Waals surface area contributed by atoms with Gasteiger partial charge in [-0.2, -0.15) is 9.68 Å². The average molecular weight is 324 g/mol. The summed E-state index contributed by atoms with van der Waals surface area (Å²) < 4.78 is 1.99. The molecule has 0 spiro atoms. The van der Waals surface area contributed by atoms with Crippen molar-refractivity contribution in [1.29, 1.82) is 5.26 Å². The Bertz CT molecular complexity index is 564. The third kappa shape index (κ3) is 3.35. The fourth-order valence-electron chi connectivity index (χ4n) is 2.38. The number of nitrogens with two attached hydrogens (primary N) is 1. The molecule has 114 valence electrons. The molecule has 5 nitrogen and oxygen atoms in total. The number of carbonyl (C=O) groups excluding carboxylic acids is 1. The molecule has 1 aromatic heterocycles. The van der Waals surface area contributed by atoms with E-state index in [9.17, 15) is 10.1 Å². The number of amides is 1. The Labute approximate surface area is 132 Å². The Morgan fingerprint density at radius 1 is 1.71 bits per heavy atom. The fraction of sp³-hybridized carbons (Fsp3) is 0.500. The van der Waals surface area contributed by atoms with Crippen LogP contribution in [0.2, 0.25) is 0 Å². The van der Waals surface area contributed by atoms with Crippen LogP contribution < -0.4 is 5.73 Å². The second kappa shape index (κ2) is 7.18. The van der Waals surface area contributed by atoms with Crippen molar-refractivity contribution < 1.29 is 4.79 Å². The van der Waals surface area contributed by atoms with E-state index in [0.29, 0.717) is 12.5 Å². The van der Waals surface area contributed by atoms with Gasteiger partial charge in [-0.15, -0.1) is 11.3 Å². The SMILES string of the molecule is CCC1C=S(C(N)=O)N(N(CC)C(C#N)c2cccs2)C1. The fourth-order valence-corrected chi connectivity index (χ4v) is 5.07. The van der Waals surface area contributed by atoms with Crippen LogP contribution in [0.4, 0.5) is 4.79 Å². The van der Waals surface area contributed by atoms with E-state index in [-0.39, 0.29) is 11.3 Å². The summed E-state index contributed by atoms with van der Waals surface area (Å²) in [7, 11) is -0.734. The van der Waals surface area contributed by atoms with Crippen LogP contribution >= 0.6 is 22.0 Å². The number of thiophene rings is 1. The minimum Gasteiger partial charge on any atom is -0.360 e. The number of hydrazine groups is 1. The van der Waals surface area contributed by atoms with Gasteiger partial charge in [-0.05, 0) is 39.8 Å². The van der Waals surface area contributed by atoms with E-state index in [2.05, 4.69) is 13.0 Å². The molecule has 0 aromatic carbocycles. The normalized spacial score (nSPS) is 23.7. The zero-order valence-electron chi connectivity index (χ0n) is 12.2. The molecule has 3 unspecified atom stereocenters. The molecule has 1 aromatic rings. The highest BCUT2D eigenvalue weighted by molar-refractivity contribution is 8.25. The average Bonchev–Trinajstić information content (AvgIpc) is 3.13. The van der Waals surface area contributed by atoms with E-state index >= 15 is 0 Å². The molecular weight excluding hydrogens is 304 g/mol. The Kier molecular flexibility index (Phi) is 5.53. The second-order valence-corrected chi connectivity index (χ2v) is 7.48. The quantitative estimate of drug-likeness (QED) is 0.845. The first-order valence-corrected chi connectivity index (χ1v) is 9.09. The highest BCUT2D eigenvalue weighted by Crippen LogP contribution is 2.36. The molecule has 0 bridgehead atoms. The first-order chi connectivity index (χ1) is 10.1. The number of hydrogen-bond donors (Lipinski definition) is 1. The van der Waals surface area contributed by atoms with Crippen molar-refractivity contribution in [3.8, 4) is 6.07 Å². The Balaban J connectivity index is 2.30. The van der Waals surface area contributed by atoms with Gasteiger partial charge in [0.05, 0.1) is 6.07 Å². The molecule has 1 aliphatic rings. The summed E-state index contributed by atoms with van der Waals surface area (Å²) in [4.78, 5) is 12.7. The first-order valence-electron chi connectivity index (χ1n) is 6.97. The molecule has 21 heavy (non-hydrogen) atoms. The minimum atomic E-state index is -0.734. The van der Waals surface area contributed by atoms with Crippen LogP contribution in [0, 0.1) is 17.2 Å². The molecule has 0 saturated heterocycles. The van der Waals surface area contributed by atoms with Gasteiger partial charge >= 0.3 is 0 Å². The van der Waals surface area contributed by atoms with Crippen molar-refractivity contribution in [3.63, 3.8) is 0 Å². The molecule has 0 fully saturated rings. The monoisotopic (exact) mass is 324 g/mol. The lowest BCUT2D eigenvalue weighted by molar-refractivity contribution is 0.0487. The number of carbonyl (C=O) groups is 1. The van der Waals surface area contributed by atoms with Gasteiger partial charge in [0.1, 0.15) is 6.04 Å². The molecule has 0 radical (unpaired) electrons. The second-order valence-electron chi connectivity index (χ2n) is 4.78. The van der Waals surface area contributed by atoms with Gasteiger partial charge in [0, 0.05) is 18.0 Å². The summed E-state index contributed by atoms with van der Waals surface area (Å²) >= 11 is 1.56. The highest BCUT2D eigenvalue weighted by atomic mass is 32.2. The maximum atomic E-state index is 11.7. The van der Waals surface area contributed by atoms with Crippen LogP contribution in [0.25, 0.3) is 0 Å². The molecule has 3 atom stereocenters. The van der Waals surface area contributed by atoms with Gasteiger partial charge in [0.2, 0.25) is 0 Å². The van der Waals surface area contributed by atoms with Crippen LogP contribution in [0.1, 0.15) is 31.2 Å². The number of primary amides is 1. The van der Waals surface area contributed by atoms with Crippen LogP contribution in [-0.4, -0.2) is 33.1 Å². The standard InChI is InChI=1S/C14H20N4OS2/c1-3-11-9-18(21(10-11)14(16)19)17(4-2)12(8-15)13-6-5-7-20-13/h5-7,10-12H,3-4,9H2,1-2H3,(H2,16,19). The van der Waals surface area contributed by atoms with E-state index in [1.54, 1.807) is 11.3 Å². The summed E-state index contributed by atoms with van der Waals surface area (Å²) in [6, 6.07) is 5.89. The predicted molar refractivity (Wildman–Crippen MR) is 88.8 cm³/mol. The Morgan fingerprint density at radius 3 is 2.95 bits per heavy atom. The van der Waals surface area contributed by atoms with Crippen molar-refractivity contribution >= 4 is 32.6 Å². The molecule has 2 heterocycles. The van der Waals surface area contributed by atoms with Gasteiger partial charge in [-0.25, -0.2) is 5.01 Å². The highest BCUT2D eigenvalue weighted by Gasteiger charge is 2.34. The van der Waals surface area contributed by atoms with Gasteiger partial charge in [0.25, 0.3) is 5.24 Å². The molecular formula is C14H20N4OS2. The number of hydrogen-bond acceptors (Lipinski definition) is 5. The largest absolute Gasteiger partial charge is 0.360 e. The van der Waals surface area contributed by atoms with E-state index in [0.717, 1.165) is 17.8 Å². The molecule has 2 N–H and O–H groups in total. The van der Waals surface area contributed by atoms with Gasteiger partial charge in [-0.3, -0.25) is 4.79 Å². The summed E-state index contributed by atoms with van der Waals surface area (Å²) in [5.41, 5.74) is 5.55. The lowest BCUT2D eigenvalue weighted by atomic mass is 10.1. The van der Waals surface area contributed by atoms with Crippen LogP contribution in [0.5, 0.6) is 0 Å². The zero-order valence-corrected chi connectivity index (χ0v) is 13.9. The minimum absolute atomic E-state index is 0.327. The van der Waals surface area contributed by atoms with Crippen LogP contribution in [0.15, 0.2) is 17.5 Å². The molecule has 1 amide bonds. The Hall–Kier alpha value is -1.20. The molecule has 1 aliphatic heterocycles. The molecule has 2 rings (SSSR count). The first kappa shape index (κ1) is 16.2. The maximum Gasteiger partial charge on any atom is 0.285 e. The van der Waals surface area contributed by atoms with Crippen molar-refractivity contribution in [2.45, 2.75) is 26.3 Å². The van der Waals surface area contributed by atoms with Crippen LogP contribution in [-0.2, 0) is 0 Å². The van der Waals surface area contributed by atoms with E-state index in [1.165, 1.54) is 0 Å². The smallest absolute Gasteiger partial charge is 0.285 e. The zero-order chi connectivity index (χ0) is 15.4. The van der Waals surface area contributed by atoms with Crippen molar-refractivity contribution in [2.24, 2.45) is 11.7 Å². The lowest BCUT2D eigenvalue weighted by Gasteiger charge is -2.35. The number of nitriles is 1. The van der Waals surface area contributed by atoms with E-state index < -0.39 is 10.7 Å². The summed E-state index contributed by atoms with van der Waals surface area (Å²) in [6.45, 7) is 5.52. The van der Waals surface area contributed by atoms with Gasteiger partial charge in [-0.1, -0.05) is 19.9 Å². The van der Waals surface area contributed by atoms with Gasteiger partial charge in [0.15, 0.2) is 0 Å². The van der Waals surface area contributed by atoms with Crippen molar-refractivity contribution in [1.82, 2.24) is 9.42 Å². The van der Waals surface area contributed by atoms with Gasteiger partial charge < -0.3 is 5.73 Å². The third-order valence-electron chi connectivity index (χ3n) is 3.51.